The minimum Gasteiger partial charge on any atom is -0.459 e. The summed E-state index contributed by atoms with van der Waals surface area (Å²) in [5.41, 5.74) is 0.981. The van der Waals surface area contributed by atoms with E-state index in [-0.39, 0.29) is 0 Å². The summed E-state index contributed by atoms with van der Waals surface area (Å²) >= 11 is 0. The SMILES string of the molecule is Cc1ccoc1-c1nnc(CN[C@@H]2CCc3ncnn3C2)o1. The van der Waals surface area contributed by atoms with Crippen LogP contribution in [0.3, 0.4) is 0 Å². The fourth-order valence-electron chi connectivity index (χ4n) is 2.64. The lowest BCUT2D eigenvalue weighted by molar-refractivity contribution is 0.341. The Morgan fingerprint density at radius 3 is 3.23 bits per heavy atom. The van der Waals surface area contributed by atoms with E-state index in [4.69, 9.17) is 8.83 Å². The second-order valence-corrected chi connectivity index (χ2v) is 5.41. The number of nitrogens with one attached hydrogen (secondary N) is 1. The molecule has 0 spiro atoms. The first-order valence-corrected chi connectivity index (χ1v) is 7.26. The maximum atomic E-state index is 5.64. The average molecular weight is 300 g/mol. The molecule has 1 aliphatic heterocycles. The van der Waals surface area contributed by atoms with Gasteiger partial charge in [-0.3, -0.25) is 0 Å². The number of fused-ring (bicyclic) bond motifs is 1. The van der Waals surface area contributed by atoms with Crippen LogP contribution in [0, 0.1) is 6.92 Å². The summed E-state index contributed by atoms with van der Waals surface area (Å²) in [6.07, 6.45) is 5.17. The minimum atomic E-state index is 0.329. The summed E-state index contributed by atoms with van der Waals surface area (Å²) in [6.45, 7) is 3.29. The van der Waals surface area contributed by atoms with Crippen molar-refractivity contribution < 1.29 is 8.83 Å². The molecule has 1 atom stereocenters. The Morgan fingerprint density at radius 2 is 2.36 bits per heavy atom. The topological polar surface area (TPSA) is 94.8 Å². The first-order chi connectivity index (χ1) is 10.8. The van der Waals surface area contributed by atoms with E-state index < -0.39 is 0 Å². The molecule has 1 N–H and O–H groups in total. The number of hydrogen-bond donors (Lipinski definition) is 1. The molecule has 114 valence electrons. The van der Waals surface area contributed by atoms with Crippen LogP contribution < -0.4 is 5.32 Å². The Morgan fingerprint density at radius 1 is 1.41 bits per heavy atom. The van der Waals surface area contributed by atoms with E-state index in [0.717, 1.165) is 30.8 Å². The van der Waals surface area contributed by atoms with Crippen molar-refractivity contribution in [2.75, 3.05) is 0 Å². The number of rotatable bonds is 4. The van der Waals surface area contributed by atoms with Crippen molar-refractivity contribution in [2.45, 2.75) is 38.9 Å². The van der Waals surface area contributed by atoms with Crippen molar-refractivity contribution in [1.82, 2.24) is 30.3 Å². The number of nitrogens with zero attached hydrogens (tertiary/aromatic N) is 5. The van der Waals surface area contributed by atoms with Gasteiger partial charge in [-0.2, -0.15) is 5.10 Å². The number of furan rings is 1. The predicted octanol–water partition coefficient (Wildman–Crippen LogP) is 1.33. The molecule has 0 fully saturated rings. The summed E-state index contributed by atoms with van der Waals surface area (Å²) in [5, 5.41) is 15.7. The second-order valence-electron chi connectivity index (χ2n) is 5.41. The van der Waals surface area contributed by atoms with E-state index in [2.05, 4.69) is 25.6 Å². The van der Waals surface area contributed by atoms with Crippen LogP contribution in [0.25, 0.3) is 11.7 Å². The van der Waals surface area contributed by atoms with Crippen LogP contribution in [0.5, 0.6) is 0 Å². The third kappa shape index (κ3) is 2.41. The number of hydrogen-bond acceptors (Lipinski definition) is 7. The van der Waals surface area contributed by atoms with E-state index in [1.807, 2.05) is 17.7 Å². The highest BCUT2D eigenvalue weighted by molar-refractivity contribution is 5.49. The van der Waals surface area contributed by atoms with Crippen LogP contribution in [0.2, 0.25) is 0 Å². The van der Waals surface area contributed by atoms with Crippen molar-refractivity contribution in [3.05, 3.63) is 35.9 Å². The summed E-state index contributed by atoms with van der Waals surface area (Å²) in [6, 6.07) is 2.20. The fraction of sp³-hybridized carbons (Fsp3) is 0.429. The molecule has 4 heterocycles. The fourth-order valence-corrected chi connectivity index (χ4v) is 2.64. The van der Waals surface area contributed by atoms with Crippen LogP contribution >= 0.6 is 0 Å². The molecule has 8 nitrogen and oxygen atoms in total. The standard InChI is InChI=1S/C14H16N6O2/c1-9-4-5-21-13(9)14-19-18-12(22-14)6-15-10-2-3-11-16-8-17-20(11)7-10/h4-5,8,10,15H,2-3,6-7H2,1H3/t10-/m1/s1. The normalized spacial score (nSPS) is 17.6. The van der Waals surface area contributed by atoms with Gasteiger partial charge in [-0.1, -0.05) is 0 Å². The molecule has 0 amide bonds. The number of aryl methyl sites for hydroxylation is 2. The Labute approximate surface area is 126 Å². The Hall–Kier alpha value is -2.48. The zero-order valence-corrected chi connectivity index (χ0v) is 12.2. The predicted molar refractivity (Wildman–Crippen MR) is 75.7 cm³/mol. The summed E-state index contributed by atoms with van der Waals surface area (Å²) in [7, 11) is 0. The molecule has 0 radical (unpaired) electrons. The second kappa shape index (κ2) is 5.38. The molecule has 3 aromatic rings. The van der Waals surface area contributed by atoms with Gasteiger partial charge < -0.3 is 14.2 Å². The molecule has 0 saturated carbocycles. The lowest BCUT2D eigenvalue weighted by atomic mass is 10.1. The molecule has 1 aliphatic rings. The molecular formula is C14H16N6O2. The third-order valence-electron chi connectivity index (χ3n) is 3.87. The minimum absolute atomic E-state index is 0.329. The first-order valence-electron chi connectivity index (χ1n) is 7.26. The molecular weight excluding hydrogens is 284 g/mol. The van der Waals surface area contributed by atoms with E-state index in [0.29, 0.717) is 30.1 Å². The van der Waals surface area contributed by atoms with Crippen molar-refractivity contribution in [2.24, 2.45) is 0 Å². The van der Waals surface area contributed by atoms with Crippen molar-refractivity contribution in [3.63, 3.8) is 0 Å². The average Bonchev–Trinajstić information content (AvgIpc) is 3.24. The molecule has 3 aromatic heterocycles. The van der Waals surface area contributed by atoms with Crippen molar-refractivity contribution in [3.8, 4) is 11.7 Å². The van der Waals surface area contributed by atoms with Gasteiger partial charge in [-0.25, -0.2) is 9.67 Å². The summed E-state index contributed by atoms with van der Waals surface area (Å²) < 4.78 is 12.9. The van der Waals surface area contributed by atoms with Gasteiger partial charge in [0.05, 0.1) is 19.4 Å². The lowest BCUT2D eigenvalue weighted by Crippen LogP contribution is -2.37. The quantitative estimate of drug-likeness (QED) is 0.776. The van der Waals surface area contributed by atoms with E-state index in [1.165, 1.54) is 0 Å². The first kappa shape index (κ1) is 13.2. The van der Waals surface area contributed by atoms with Gasteiger partial charge in [-0.15, -0.1) is 10.2 Å². The van der Waals surface area contributed by atoms with Crippen LogP contribution in [0.1, 0.15) is 23.7 Å². The Balaban J connectivity index is 1.39. The van der Waals surface area contributed by atoms with Crippen LogP contribution in [0.4, 0.5) is 0 Å². The zero-order chi connectivity index (χ0) is 14.9. The Kier molecular flexibility index (Phi) is 3.23. The van der Waals surface area contributed by atoms with Gasteiger partial charge in [-0.05, 0) is 19.4 Å². The summed E-state index contributed by atoms with van der Waals surface area (Å²) in [5.74, 6) is 2.65. The molecule has 0 aliphatic carbocycles. The highest BCUT2D eigenvalue weighted by Crippen LogP contribution is 2.22. The molecule has 0 aromatic carbocycles. The maximum Gasteiger partial charge on any atom is 0.283 e. The van der Waals surface area contributed by atoms with Gasteiger partial charge in [0.2, 0.25) is 5.89 Å². The molecule has 0 unspecified atom stereocenters. The number of aromatic nitrogens is 5. The van der Waals surface area contributed by atoms with Gasteiger partial charge in [0.1, 0.15) is 12.2 Å². The van der Waals surface area contributed by atoms with E-state index in [1.54, 1.807) is 12.6 Å². The van der Waals surface area contributed by atoms with Crippen LogP contribution in [0.15, 0.2) is 27.5 Å². The van der Waals surface area contributed by atoms with E-state index >= 15 is 0 Å². The highest BCUT2D eigenvalue weighted by atomic mass is 16.4. The summed E-state index contributed by atoms with van der Waals surface area (Å²) in [4.78, 5) is 4.22. The maximum absolute atomic E-state index is 5.64. The van der Waals surface area contributed by atoms with Gasteiger partial charge in [0, 0.05) is 18.0 Å². The Bertz CT molecular complexity index is 774. The third-order valence-corrected chi connectivity index (χ3v) is 3.87. The zero-order valence-electron chi connectivity index (χ0n) is 12.2. The highest BCUT2D eigenvalue weighted by Gasteiger charge is 2.20. The van der Waals surface area contributed by atoms with Crippen LogP contribution in [-0.4, -0.2) is 31.0 Å². The molecule has 0 saturated heterocycles. The van der Waals surface area contributed by atoms with Crippen molar-refractivity contribution >= 4 is 0 Å². The molecule has 22 heavy (non-hydrogen) atoms. The molecule has 4 rings (SSSR count). The smallest absolute Gasteiger partial charge is 0.283 e. The molecule has 0 bridgehead atoms. The van der Waals surface area contributed by atoms with Gasteiger partial charge in [0.15, 0.2) is 5.76 Å². The van der Waals surface area contributed by atoms with Crippen LogP contribution in [-0.2, 0) is 19.5 Å². The lowest BCUT2D eigenvalue weighted by Gasteiger charge is -2.22. The van der Waals surface area contributed by atoms with E-state index in [9.17, 15) is 0 Å². The monoisotopic (exact) mass is 300 g/mol. The van der Waals surface area contributed by atoms with Crippen molar-refractivity contribution in [1.29, 1.82) is 0 Å². The van der Waals surface area contributed by atoms with Gasteiger partial charge in [0.25, 0.3) is 5.89 Å². The molecule has 8 heteroatoms. The largest absolute Gasteiger partial charge is 0.459 e. The van der Waals surface area contributed by atoms with Gasteiger partial charge >= 0.3 is 0 Å².